The van der Waals surface area contributed by atoms with Crippen molar-refractivity contribution >= 4 is 31.8 Å². The molecule has 0 saturated carbocycles. The molecule has 1 aromatic heterocycles. The van der Waals surface area contributed by atoms with Crippen LogP contribution in [0.2, 0.25) is 0 Å². The summed E-state index contributed by atoms with van der Waals surface area (Å²) in [6.45, 7) is 2.57. The third-order valence-corrected chi connectivity index (χ3v) is 7.57. The van der Waals surface area contributed by atoms with Crippen LogP contribution < -0.4 is 0 Å². The summed E-state index contributed by atoms with van der Waals surface area (Å²) in [5.74, 6) is 0. The first kappa shape index (κ1) is 22.5. The van der Waals surface area contributed by atoms with Crippen molar-refractivity contribution in [1.29, 1.82) is 0 Å². The predicted molar refractivity (Wildman–Crippen MR) is 127 cm³/mol. The Hall–Kier alpha value is -2.71. The molecule has 168 valence electrons. The van der Waals surface area contributed by atoms with Gasteiger partial charge in [-0.05, 0) is 31.2 Å². The van der Waals surface area contributed by atoms with E-state index in [0.717, 1.165) is 27.4 Å². The number of fused-ring (bicyclic) bond motifs is 3. The van der Waals surface area contributed by atoms with Crippen LogP contribution in [0.4, 0.5) is 0 Å². The first-order valence-corrected chi connectivity index (χ1v) is 12.1. The number of rotatable bonds is 9. The van der Waals surface area contributed by atoms with Gasteiger partial charge in [-0.15, -0.1) is 0 Å². The number of hydrogen-bond donors (Lipinski definition) is 1. The summed E-state index contributed by atoms with van der Waals surface area (Å²) in [6.07, 6.45) is -0.897. The van der Waals surface area contributed by atoms with E-state index in [1.807, 2.05) is 43.3 Å². The molecule has 0 aliphatic rings. The van der Waals surface area contributed by atoms with Gasteiger partial charge in [-0.3, -0.25) is 0 Å². The lowest BCUT2D eigenvalue weighted by Gasteiger charge is -2.25. The van der Waals surface area contributed by atoms with Crippen LogP contribution in [0.3, 0.4) is 0 Å². The monoisotopic (exact) mass is 452 g/mol. The smallest absolute Gasteiger partial charge is 0.243 e. The lowest BCUT2D eigenvalue weighted by Crippen LogP contribution is -2.40. The van der Waals surface area contributed by atoms with E-state index in [9.17, 15) is 13.5 Å². The molecule has 32 heavy (non-hydrogen) atoms. The average Bonchev–Trinajstić information content (AvgIpc) is 3.10. The van der Waals surface area contributed by atoms with E-state index in [2.05, 4.69) is 16.7 Å². The van der Waals surface area contributed by atoms with Crippen molar-refractivity contribution in [2.45, 2.75) is 24.5 Å². The van der Waals surface area contributed by atoms with Crippen molar-refractivity contribution in [3.63, 3.8) is 0 Å². The maximum absolute atomic E-state index is 13.3. The van der Waals surface area contributed by atoms with Gasteiger partial charge in [0.2, 0.25) is 10.0 Å². The van der Waals surface area contributed by atoms with Gasteiger partial charge < -0.3 is 14.4 Å². The number of para-hydroxylation sites is 2. The molecule has 0 aliphatic carbocycles. The summed E-state index contributed by atoms with van der Waals surface area (Å²) >= 11 is 0. The van der Waals surface area contributed by atoms with Crippen LogP contribution >= 0.6 is 0 Å². The Balaban J connectivity index is 1.63. The molecule has 0 radical (unpaired) electrons. The van der Waals surface area contributed by atoms with E-state index in [0.29, 0.717) is 0 Å². The SMILES string of the molecule is COCCN(C[C@H](O)Cn1c2ccccc2c2ccccc21)S(=O)(=O)c1ccc(C)cc1. The largest absolute Gasteiger partial charge is 0.390 e. The molecule has 4 aromatic rings. The van der Waals surface area contributed by atoms with Crippen LogP contribution in [0.1, 0.15) is 5.56 Å². The lowest BCUT2D eigenvalue weighted by molar-refractivity contribution is 0.115. The maximum atomic E-state index is 13.3. The number of aromatic nitrogens is 1. The molecule has 0 amide bonds. The highest BCUT2D eigenvalue weighted by Crippen LogP contribution is 2.29. The Labute approximate surface area is 188 Å². The summed E-state index contributed by atoms with van der Waals surface area (Å²) in [6, 6.07) is 22.8. The number of nitrogens with zero attached hydrogens (tertiary/aromatic N) is 2. The topological polar surface area (TPSA) is 71.8 Å². The molecule has 6 nitrogen and oxygen atoms in total. The van der Waals surface area contributed by atoms with E-state index in [-0.39, 0.29) is 31.1 Å². The van der Waals surface area contributed by atoms with E-state index in [1.54, 1.807) is 24.3 Å². The first-order valence-electron chi connectivity index (χ1n) is 10.6. The molecule has 4 rings (SSSR count). The number of aliphatic hydroxyl groups is 1. The molecule has 0 bridgehead atoms. The summed E-state index contributed by atoms with van der Waals surface area (Å²) in [5.41, 5.74) is 3.01. The van der Waals surface area contributed by atoms with Gasteiger partial charge in [0.15, 0.2) is 0 Å². The molecule has 0 saturated heterocycles. The van der Waals surface area contributed by atoms with Crippen LogP contribution in [0.15, 0.2) is 77.7 Å². The maximum Gasteiger partial charge on any atom is 0.243 e. The molecule has 0 aliphatic heterocycles. The van der Waals surface area contributed by atoms with E-state index < -0.39 is 16.1 Å². The number of aliphatic hydroxyl groups excluding tert-OH is 1. The molecule has 0 fully saturated rings. The molecule has 1 N–H and O–H groups in total. The zero-order valence-corrected chi connectivity index (χ0v) is 19.1. The van der Waals surface area contributed by atoms with Gasteiger partial charge in [-0.2, -0.15) is 4.31 Å². The van der Waals surface area contributed by atoms with Gasteiger partial charge in [0.1, 0.15) is 0 Å². The summed E-state index contributed by atoms with van der Waals surface area (Å²) in [4.78, 5) is 0.211. The van der Waals surface area contributed by atoms with Gasteiger partial charge in [0.05, 0.1) is 24.2 Å². The summed E-state index contributed by atoms with van der Waals surface area (Å²) in [7, 11) is -2.23. The Morgan fingerprint density at radius 3 is 2.06 bits per heavy atom. The van der Waals surface area contributed by atoms with Gasteiger partial charge in [0.25, 0.3) is 0 Å². The Kier molecular flexibility index (Phi) is 6.62. The number of hydrogen-bond acceptors (Lipinski definition) is 4. The Bertz CT molecular complexity index is 1260. The molecule has 3 aromatic carbocycles. The number of aryl methyl sites for hydroxylation is 1. The average molecular weight is 453 g/mol. The third kappa shape index (κ3) is 4.42. The van der Waals surface area contributed by atoms with Gasteiger partial charge in [0, 0.05) is 42.0 Å². The highest BCUT2D eigenvalue weighted by Gasteiger charge is 2.27. The second kappa shape index (κ2) is 9.42. The van der Waals surface area contributed by atoms with E-state index in [4.69, 9.17) is 4.74 Å². The predicted octanol–water partition coefficient (Wildman–Crippen LogP) is 3.80. The van der Waals surface area contributed by atoms with Crippen molar-refractivity contribution in [2.75, 3.05) is 26.8 Å². The molecular weight excluding hydrogens is 424 g/mol. The quantitative estimate of drug-likeness (QED) is 0.419. The lowest BCUT2D eigenvalue weighted by atomic mass is 10.2. The fourth-order valence-electron chi connectivity index (χ4n) is 4.07. The third-order valence-electron chi connectivity index (χ3n) is 5.69. The number of methoxy groups -OCH3 is 1. The molecule has 1 atom stereocenters. The number of sulfonamides is 1. The van der Waals surface area contributed by atoms with Crippen molar-refractivity contribution in [3.8, 4) is 0 Å². The summed E-state index contributed by atoms with van der Waals surface area (Å²) < 4.78 is 35.0. The minimum Gasteiger partial charge on any atom is -0.390 e. The fraction of sp³-hybridized carbons (Fsp3) is 0.280. The van der Waals surface area contributed by atoms with Gasteiger partial charge >= 0.3 is 0 Å². The van der Waals surface area contributed by atoms with E-state index >= 15 is 0 Å². The van der Waals surface area contributed by atoms with Crippen LogP contribution in [-0.4, -0.2) is 55.3 Å². The first-order chi connectivity index (χ1) is 15.4. The van der Waals surface area contributed by atoms with Crippen LogP contribution in [-0.2, 0) is 21.3 Å². The minimum absolute atomic E-state index is 0.0274. The molecular formula is C25H28N2O4S. The highest BCUT2D eigenvalue weighted by molar-refractivity contribution is 7.89. The zero-order valence-electron chi connectivity index (χ0n) is 18.3. The molecule has 0 unspecified atom stereocenters. The van der Waals surface area contributed by atoms with Gasteiger partial charge in [-0.1, -0.05) is 54.1 Å². The van der Waals surface area contributed by atoms with Crippen LogP contribution in [0.25, 0.3) is 21.8 Å². The highest BCUT2D eigenvalue weighted by atomic mass is 32.2. The van der Waals surface area contributed by atoms with E-state index in [1.165, 1.54) is 11.4 Å². The van der Waals surface area contributed by atoms with Crippen molar-refractivity contribution in [3.05, 3.63) is 78.4 Å². The Morgan fingerprint density at radius 1 is 0.938 bits per heavy atom. The van der Waals surface area contributed by atoms with Crippen molar-refractivity contribution in [1.82, 2.24) is 8.87 Å². The van der Waals surface area contributed by atoms with Crippen molar-refractivity contribution < 1.29 is 18.3 Å². The normalized spacial score (nSPS) is 13.2. The van der Waals surface area contributed by atoms with Crippen molar-refractivity contribution in [2.24, 2.45) is 0 Å². The van der Waals surface area contributed by atoms with Crippen LogP contribution in [0.5, 0.6) is 0 Å². The number of benzene rings is 3. The summed E-state index contributed by atoms with van der Waals surface area (Å²) in [5, 5.41) is 13.2. The van der Waals surface area contributed by atoms with Gasteiger partial charge in [-0.25, -0.2) is 8.42 Å². The molecule has 0 spiro atoms. The standard InChI is InChI=1S/C25H28N2O4S/c1-19-11-13-21(14-12-19)32(29,30)26(15-16-31-2)17-20(28)18-27-24-9-5-3-7-22(24)23-8-4-6-10-25(23)27/h3-14,20,28H,15-18H2,1-2H3/t20-/m0/s1. The van der Waals surface area contributed by atoms with Crippen LogP contribution in [0, 0.1) is 6.92 Å². The minimum atomic E-state index is -3.76. The Morgan fingerprint density at radius 2 is 1.50 bits per heavy atom. The molecule has 1 heterocycles. The zero-order chi connectivity index (χ0) is 22.7. The second-order valence-electron chi connectivity index (χ2n) is 7.97. The second-order valence-corrected chi connectivity index (χ2v) is 9.91. The molecule has 7 heteroatoms. The fourth-order valence-corrected chi connectivity index (χ4v) is 5.53. The number of ether oxygens (including phenoxy) is 1.